The number of rotatable bonds is 8. The monoisotopic (exact) mass is 359 g/mol. The van der Waals surface area contributed by atoms with Crippen molar-refractivity contribution in [2.24, 2.45) is 0 Å². The molecule has 142 valence electrons. The third-order valence-corrected chi connectivity index (χ3v) is 4.24. The van der Waals surface area contributed by atoms with Crippen molar-refractivity contribution in [1.82, 2.24) is 4.98 Å². The van der Waals surface area contributed by atoms with Gasteiger partial charge >= 0.3 is 0 Å². The summed E-state index contributed by atoms with van der Waals surface area (Å²) in [5.41, 5.74) is 10.4. The van der Waals surface area contributed by atoms with E-state index in [2.05, 4.69) is 17.2 Å². The Morgan fingerprint density at radius 3 is 2.31 bits per heavy atom. The summed E-state index contributed by atoms with van der Waals surface area (Å²) in [5, 5.41) is 3.42. The third kappa shape index (κ3) is 4.58. The van der Waals surface area contributed by atoms with Gasteiger partial charge < -0.3 is 25.3 Å². The number of anilines is 2. The van der Waals surface area contributed by atoms with Crippen molar-refractivity contribution in [1.29, 1.82) is 0 Å². The number of nitrogens with one attached hydrogen (secondary N) is 1. The predicted octanol–water partition coefficient (Wildman–Crippen LogP) is 4.23. The van der Waals surface area contributed by atoms with Gasteiger partial charge in [0.05, 0.1) is 19.4 Å². The lowest BCUT2D eigenvalue weighted by Gasteiger charge is -2.21. The molecule has 2 rings (SSSR count). The number of aromatic nitrogens is 1. The van der Waals surface area contributed by atoms with Gasteiger partial charge in [-0.1, -0.05) is 6.92 Å². The number of nitrogens with two attached hydrogens (primary N) is 1. The van der Waals surface area contributed by atoms with E-state index in [1.807, 2.05) is 39.0 Å². The van der Waals surface area contributed by atoms with Crippen LogP contribution in [0.4, 0.5) is 11.4 Å². The zero-order valence-electron chi connectivity index (χ0n) is 16.5. The van der Waals surface area contributed by atoms with Gasteiger partial charge in [-0.2, -0.15) is 0 Å². The average molecular weight is 359 g/mol. The number of pyridine rings is 1. The van der Waals surface area contributed by atoms with Crippen LogP contribution in [0.15, 0.2) is 18.2 Å². The molecule has 0 bridgehead atoms. The third-order valence-electron chi connectivity index (χ3n) is 4.24. The van der Waals surface area contributed by atoms with E-state index in [4.69, 9.17) is 19.9 Å². The van der Waals surface area contributed by atoms with E-state index in [-0.39, 0.29) is 6.04 Å². The SMILES string of the molecule is CCC(COC)Nc1cc(C)nc(Oc2c(C)cc(OC)cc2C)c1N. The molecule has 6 nitrogen and oxygen atoms in total. The smallest absolute Gasteiger partial charge is 0.245 e. The van der Waals surface area contributed by atoms with Gasteiger partial charge in [0.2, 0.25) is 5.88 Å². The largest absolute Gasteiger partial charge is 0.497 e. The van der Waals surface area contributed by atoms with Crippen molar-refractivity contribution in [3.8, 4) is 17.4 Å². The zero-order chi connectivity index (χ0) is 19.3. The Morgan fingerprint density at radius 1 is 1.12 bits per heavy atom. The van der Waals surface area contributed by atoms with Crippen molar-refractivity contribution in [2.45, 2.75) is 40.2 Å². The van der Waals surface area contributed by atoms with Gasteiger partial charge in [0.25, 0.3) is 0 Å². The maximum Gasteiger partial charge on any atom is 0.245 e. The Bertz CT molecular complexity index is 739. The van der Waals surface area contributed by atoms with Crippen LogP contribution in [0.1, 0.15) is 30.2 Å². The Labute approximate surface area is 155 Å². The molecule has 0 fully saturated rings. The highest BCUT2D eigenvalue weighted by atomic mass is 16.5. The van der Waals surface area contributed by atoms with Crippen molar-refractivity contribution in [3.63, 3.8) is 0 Å². The number of nitrogen functional groups attached to an aromatic ring is 1. The molecule has 0 saturated heterocycles. The Morgan fingerprint density at radius 2 is 1.77 bits per heavy atom. The lowest BCUT2D eigenvalue weighted by Crippen LogP contribution is -2.24. The van der Waals surface area contributed by atoms with E-state index in [0.717, 1.165) is 40.4 Å². The summed E-state index contributed by atoms with van der Waals surface area (Å²) in [5.74, 6) is 1.94. The fourth-order valence-electron chi connectivity index (χ4n) is 2.82. The Hall–Kier alpha value is -2.47. The molecule has 3 N–H and O–H groups in total. The highest BCUT2D eigenvalue weighted by Gasteiger charge is 2.16. The molecule has 26 heavy (non-hydrogen) atoms. The average Bonchev–Trinajstić information content (AvgIpc) is 2.60. The highest BCUT2D eigenvalue weighted by Crippen LogP contribution is 2.36. The number of hydrogen-bond acceptors (Lipinski definition) is 6. The van der Waals surface area contributed by atoms with Crippen LogP contribution in [0, 0.1) is 20.8 Å². The summed E-state index contributed by atoms with van der Waals surface area (Å²) in [7, 11) is 3.34. The minimum Gasteiger partial charge on any atom is -0.497 e. The van der Waals surface area contributed by atoms with E-state index in [1.54, 1.807) is 14.2 Å². The molecule has 1 heterocycles. The molecule has 6 heteroatoms. The van der Waals surface area contributed by atoms with Crippen molar-refractivity contribution in [3.05, 3.63) is 35.0 Å². The van der Waals surface area contributed by atoms with E-state index < -0.39 is 0 Å². The van der Waals surface area contributed by atoms with E-state index in [1.165, 1.54) is 0 Å². The van der Waals surface area contributed by atoms with Crippen LogP contribution in [-0.2, 0) is 4.74 Å². The lowest BCUT2D eigenvalue weighted by molar-refractivity contribution is 0.184. The maximum atomic E-state index is 6.34. The standard InChI is InChI=1S/C20H29N3O3/c1-7-15(11-24-5)23-17-10-14(4)22-20(18(17)21)26-19-12(2)8-16(25-6)9-13(19)3/h8-10,15H,7,11,21H2,1-6H3,(H,22,23). The first kappa shape index (κ1) is 19.8. The van der Waals surface area contributed by atoms with Crippen LogP contribution in [-0.4, -0.2) is 31.9 Å². The molecule has 2 aromatic rings. The summed E-state index contributed by atoms with van der Waals surface area (Å²) in [4.78, 5) is 4.48. The quantitative estimate of drug-likeness (QED) is 0.734. The van der Waals surface area contributed by atoms with Gasteiger partial charge in [-0.05, 0) is 56.5 Å². The van der Waals surface area contributed by atoms with Crippen molar-refractivity contribution >= 4 is 11.4 Å². The molecule has 0 amide bonds. The number of ether oxygens (including phenoxy) is 3. The second-order valence-electron chi connectivity index (χ2n) is 6.43. The van der Waals surface area contributed by atoms with E-state index in [0.29, 0.717) is 18.2 Å². The molecular weight excluding hydrogens is 330 g/mol. The number of methoxy groups -OCH3 is 2. The molecule has 1 atom stereocenters. The summed E-state index contributed by atoms with van der Waals surface area (Å²) in [6, 6.07) is 5.95. The zero-order valence-corrected chi connectivity index (χ0v) is 16.5. The van der Waals surface area contributed by atoms with Crippen LogP contribution in [0.2, 0.25) is 0 Å². The molecule has 1 unspecified atom stereocenters. The number of hydrogen-bond donors (Lipinski definition) is 2. The summed E-state index contributed by atoms with van der Waals surface area (Å²) >= 11 is 0. The van der Waals surface area contributed by atoms with Gasteiger partial charge in [0, 0.05) is 18.8 Å². The van der Waals surface area contributed by atoms with Crippen LogP contribution in [0.25, 0.3) is 0 Å². The number of nitrogens with zero attached hydrogens (tertiary/aromatic N) is 1. The Balaban J connectivity index is 2.36. The second-order valence-corrected chi connectivity index (χ2v) is 6.43. The fourth-order valence-corrected chi connectivity index (χ4v) is 2.82. The number of aryl methyl sites for hydroxylation is 3. The molecule has 0 radical (unpaired) electrons. The van der Waals surface area contributed by atoms with Crippen LogP contribution >= 0.6 is 0 Å². The second kappa shape index (κ2) is 8.76. The molecule has 0 aliphatic carbocycles. The summed E-state index contributed by atoms with van der Waals surface area (Å²) in [6.07, 6.45) is 0.918. The molecular formula is C20H29N3O3. The normalized spacial score (nSPS) is 11.9. The van der Waals surface area contributed by atoms with E-state index >= 15 is 0 Å². The molecule has 0 saturated carbocycles. The summed E-state index contributed by atoms with van der Waals surface area (Å²) < 4.78 is 16.7. The fraction of sp³-hybridized carbons (Fsp3) is 0.450. The maximum absolute atomic E-state index is 6.34. The van der Waals surface area contributed by atoms with Gasteiger partial charge in [-0.15, -0.1) is 0 Å². The molecule has 1 aromatic heterocycles. The minimum atomic E-state index is 0.168. The van der Waals surface area contributed by atoms with Crippen LogP contribution in [0.3, 0.4) is 0 Å². The molecule has 0 aliphatic rings. The summed E-state index contributed by atoms with van der Waals surface area (Å²) in [6.45, 7) is 8.57. The Kier molecular flexibility index (Phi) is 6.69. The first-order valence-electron chi connectivity index (χ1n) is 8.75. The van der Waals surface area contributed by atoms with Crippen LogP contribution in [0.5, 0.6) is 17.4 Å². The van der Waals surface area contributed by atoms with Gasteiger partial charge in [0.1, 0.15) is 17.2 Å². The van der Waals surface area contributed by atoms with Crippen molar-refractivity contribution < 1.29 is 14.2 Å². The number of benzene rings is 1. The first-order valence-corrected chi connectivity index (χ1v) is 8.75. The van der Waals surface area contributed by atoms with Gasteiger partial charge in [-0.3, -0.25) is 0 Å². The molecule has 0 aliphatic heterocycles. The van der Waals surface area contributed by atoms with Crippen LogP contribution < -0.4 is 20.5 Å². The molecule has 0 spiro atoms. The van der Waals surface area contributed by atoms with E-state index in [9.17, 15) is 0 Å². The first-order chi connectivity index (χ1) is 12.4. The van der Waals surface area contributed by atoms with Crippen molar-refractivity contribution in [2.75, 3.05) is 31.9 Å². The topological polar surface area (TPSA) is 78.6 Å². The predicted molar refractivity (Wildman–Crippen MR) is 106 cm³/mol. The highest BCUT2D eigenvalue weighted by molar-refractivity contribution is 5.72. The molecule has 1 aromatic carbocycles. The lowest BCUT2D eigenvalue weighted by atomic mass is 10.1. The van der Waals surface area contributed by atoms with Gasteiger partial charge in [-0.25, -0.2) is 4.98 Å². The van der Waals surface area contributed by atoms with Gasteiger partial charge in [0.15, 0.2) is 0 Å². The minimum absolute atomic E-state index is 0.168.